The van der Waals surface area contributed by atoms with Crippen molar-refractivity contribution in [1.29, 1.82) is 0 Å². The third-order valence-corrected chi connectivity index (χ3v) is 3.55. The lowest BCUT2D eigenvalue weighted by Crippen LogP contribution is -2.48. The second-order valence-corrected chi connectivity index (χ2v) is 4.90. The molecule has 98 valence electrons. The number of hydrogen-bond acceptors (Lipinski definition) is 3. The van der Waals surface area contributed by atoms with Crippen molar-refractivity contribution in [3.8, 4) is 0 Å². The normalized spacial score (nSPS) is 19.9. The van der Waals surface area contributed by atoms with E-state index < -0.39 is 0 Å². The van der Waals surface area contributed by atoms with Gasteiger partial charge in [-0.05, 0) is 32.3 Å². The number of nitrogens with zero attached hydrogens (tertiary/aromatic N) is 1. The molecule has 1 atom stereocenters. The summed E-state index contributed by atoms with van der Waals surface area (Å²) in [4.78, 5) is 13.6. The Kier molecular flexibility index (Phi) is 3.87. The molecule has 0 bridgehead atoms. The summed E-state index contributed by atoms with van der Waals surface area (Å²) < 4.78 is 0. The van der Waals surface area contributed by atoms with Crippen LogP contribution in [-0.4, -0.2) is 23.6 Å². The zero-order chi connectivity index (χ0) is 13.1. The zero-order valence-electron chi connectivity index (χ0n) is 10.7. The Labute approximate surface area is 107 Å². The van der Waals surface area contributed by atoms with Crippen molar-refractivity contribution in [2.45, 2.75) is 38.8 Å². The van der Waals surface area contributed by atoms with Gasteiger partial charge < -0.3 is 15.7 Å². The van der Waals surface area contributed by atoms with E-state index in [0.29, 0.717) is 0 Å². The fourth-order valence-corrected chi connectivity index (χ4v) is 2.64. The maximum Gasteiger partial charge on any atom is 0.240 e. The molecule has 1 unspecified atom stereocenters. The van der Waals surface area contributed by atoms with Crippen molar-refractivity contribution in [3.05, 3.63) is 29.3 Å². The van der Waals surface area contributed by atoms with Gasteiger partial charge in [0.15, 0.2) is 0 Å². The summed E-state index contributed by atoms with van der Waals surface area (Å²) >= 11 is 0. The molecule has 1 heterocycles. The van der Waals surface area contributed by atoms with Crippen LogP contribution in [0, 0.1) is 6.92 Å². The number of carbonyl (C=O) groups is 1. The maximum atomic E-state index is 11.5. The molecular weight excluding hydrogens is 228 g/mol. The van der Waals surface area contributed by atoms with Gasteiger partial charge in [0.05, 0.1) is 6.61 Å². The molecule has 1 aromatic rings. The fraction of sp³-hybridized carbons (Fsp3) is 0.500. The Morgan fingerprint density at radius 2 is 2.28 bits per heavy atom. The van der Waals surface area contributed by atoms with Crippen molar-refractivity contribution in [2.24, 2.45) is 5.73 Å². The summed E-state index contributed by atoms with van der Waals surface area (Å²) in [5, 5.41) is 9.46. The van der Waals surface area contributed by atoms with Gasteiger partial charge in [-0.25, -0.2) is 0 Å². The number of anilines is 1. The van der Waals surface area contributed by atoms with Gasteiger partial charge in [-0.3, -0.25) is 4.79 Å². The third kappa shape index (κ3) is 2.48. The number of aliphatic hydroxyl groups is 1. The number of aryl methyl sites for hydroxylation is 1. The minimum absolute atomic E-state index is 0.0149. The number of amides is 1. The molecule has 1 amide bonds. The van der Waals surface area contributed by atoms with E-state index in [1.807, 2.05) is 30.0 Å². The van der Waals surface area contributed by atoms with Gasteiger partial charge in [-0.1, -0.05) is 17.7 Å². The molecule has 0 aliphatic carbocycles. The molecule has 1 aromatic carbocycles. The Bertz CT molecular complexity index is 445. The second kappa shape index (κ2) is 5.40. The summed E-state index contributed by atoms with van der Waals surface area (Å²) in [7, 11) is 0. The number of benzene rings is 1. The first kappa shape index (κ1) is 12.9. The minimum Gasteiger partial charge on any atom is -0.392 e. The predicted molar refractivity (Wildman–Crippen MR) is 71.3 cm³/mol. The van der Waals surface area contributed by atoms with E-state index in [-0.39, 0.29) is 18.6 Å². The number of rotatable bonds is 3. The summed E-state index contributed by atoms with van der Waals surface area (Å²) in [6, 6.07) is 5.69. The van der Waals surface area contributed by atoms with Crippen LogP contribution in [0.15, 0.2) is 18.2 Å². The summed E-state index contributed by atoms with van der Waals surface area (Å²) in [6.45, 7) is 2.80. The highest BCUT2D eigenvalue weighted by Gasteiger charge is 2.28. The van der Waals surface area contributed by atoms with E-state index in [0.717, 1.165) is 42.6 Å². The van der Waals surface area contributed by atoms with Crippen molar-refractivity contribution < 1.29 is 9.90 Å². The highest BCUT2D eigenvalue weighted by molar-refractivity contribution is 5.84. The van der Waals surface area contributed by atoms with Crippen molar-refractivity contribution in [3.63, 3.8) is 0 Å². The van der Waals surface area contributed by atoms with E-state index in [9.17, 15) is 9.90 Å². The minimum atomic E-state index is -0.279. The standard InChI is InChI=1S/C14H20N2O2/c1-10-5-6-12(11(8-10)9-17)16-7-3-2-4-13(16)14(15)18/h5-6,8,13,17H,2-4,7,9H2,1H3,(H2,15,18). The van der Waals surface area contributed by atoms with E-state index in [1.54, 1.807) is 0 Å². The third-order valence-electron chi connectivity index (χ3n) is 3.55. The van der Waals surface area contributed by atoms with Gasteiger partial charge in [-0.2, -0.15) is 0 Å². The van der Waals surface area contributed by atoms with Crippen LogP contribution in [0.1, 0.15) is 30.4 Å². The van der Waals surface area contributed by atoms with Crippen molar-refractivity contribution >= 4 is 11.6 Å². The molecule has 1 aliphatic rings. The molecule has 2 rings (SSSR count). The molecule has 0 radical (unpaired) electrons. The van der Waals surface area contributed by atoms with Crippen LogP contribution in [0.4, 0.5) is 5.69 Å². The van der Waals surface area contributed by atoms with E-state index >= 15 is 0 Å². The quantitative estimate of drug-likeness (QED) is 0.848. The Balaban J connectivity index is 2.36. The largest absolute Gasteiger partial charge is 0.392 e. The van der Waals surface area contributed by atoms with Crippen LogP contribution in [0.2, 0.25) is 0 Å². The molecule has 3 N–H and O–H groups in total. The molecule has 0 saturated carbocycles. The highest BCUT2D eigenvalue weighted by atomic mass is 16.3. The smallest absolute Gasteiger partial charge is 0.240 e. The predicted octanol–water partition coefficient (Wildman–Crippen LogP) is 1.33. The number of aliphatic hydroxyl groups excluding tert-OH is 1. The molecule has 18 heavy (non-hydrogen) atoms. The monoisotopic (exact) mass is 248 g/mol. The van der Waals surface area contributed by atoms with Gasteiger partial charge in [0.25, 0.3) is 0 Å². The number of primary amides is 1. The number of nitrogens with two attached hydrogens (primary N) is 1. The molecule has 1 fully saturated rings. The molecular formula is C14H20N2O2. The van der Waals surface area contributed by atoms with Crippen LogP contribution >= 0.6 is 0 Å². The first-order valence-electron chi connectivity index (χ1n) is 6.40. The Morgan fingerprint density at radius 3 is 2.94 bits per heavy atom. The fourth-order valence-electron chi connectivity index (χ4n) is 2.64. The van der Waals surface area contributed by atoms with Gasteiger partial charge >= 0.3 is 0 Å². The van der Waals surface area contributed by atoms with E-state index in [2.05, 4.69) is 0 Å². The van der Waals surface area contributed by atoms with Gasteiger partial charge in [0, 0.05) is 17.8 Å². The van der Waals surface area contributed by atoms with Crippen LogP contribution in [0.25, 0.3) is 0 Å². The van der Waals surface area contributed by atoms with E-state index in [4.69, 9.17) is 5.73 Å². The second-order valence-electron chi connectivity index (χ2n) is 4.90. The zero-order valence-corrected chi connectivity index (χ0v) is 10.7. The SMILES string of the molecule is Cc1ccc(N2CCCCC2C(N)=O)c(CO)c1. The Hall–Kier alpha value is -1.55. The molecule has 0 spiro atoms. The molecule has 1 aliphatic heterocycles. The van der Waals surface area contributed by atoms with Crippen LogP contribution in [0.3, 0.4) is 0 Å². The van der Waals surface area contributed by atoms with Crippen LogP contribution in [-0.2, 0) is 11.4 Å². The highest BCUT2D eigenvalue weighted by Crippen LogP contribution is 2.28. The summed E-state index contributed by atoms with van der Waals surface area (Å²) in [6.07, 6.45) is 2.89. The lowest BCUT2D eigenvalue weighted by Gasteiger charge is -2.36. The van der Waals surface area contributed by atoms with Crippen LogP contribution in [0.5, 0.6) is 0 Å². The number of piperidine rings is 1. The lowest BCUT2D eigenvalue weighted by atomic mass is 9.98. The first-order valence-corrected chi connectivity index (χ1v) is 6.40. The van der Waals surface area contributed by atoms with Gasteiger partial charge in [-0.15, -0.1) is 0 Å². The molecule has 0 aromatic heterocycles. The lowest BCUT2D eigenvalue weighted by molar-refractivity contribution is -0.119. The first-order chi connectivity index (χ1) is 8.63. The molecule has 1 saturated heterocycles. The topological polar surface area (TPSA) is 66.6 Å². The van der Waals surface area contributed by atoms with Crippen molar-refractivity contribution in [2.75, 3.05) is 11.4 Å². The summed E-state index contributed by atoms with van der Waals surface area (Å²) in [5.41, 5.74) is 8.38. The average Bonchev–Trinajstić information content (AvgIpc) is 2.38. The summed E-state index contributed by atoms with van der Waals surface area (Å²) in [5.74, 6) is -0.279. The Morgan fingerprint density at radius 1 is 1.50 bits per heavy atom. The molecule has 4 nitrogen and oxygen atoms in total. The number of hydrogen-bond donors (Lipinski definition) is 2. The molecule has 4 heteroatoms. The van der Waals surface area contributed by atoms with Gasteiger partial charge in [0.1, 0.15) is 6.04 Å². The van der Waals surface area contributed by atoms with E-state index in [1.165, 1.54) is 0 Å². The average molecular weight is 248 g/mol. The van der Waals surface area contributed by atoms with Gasteiger partial charge in [0.2, 0.25) is 5.91 Å². The van der Waals surface area contributed by atoms with Crippen molar-refractivity contribution in [1.82, 2.24) is 0 Å². The maximum absolute atomic E-state index is 11.5. The van der Waals surface area contributed by atoms with Crippen LogP contribution < -0.4 is 10.6 Å². The number of carbonyl (C=O) groups excluding carboxylic acids is 1.